The average molecular weight is 390 g/mol. The van der Waals surface area contributed by atoms with Crippen molar-refractivity contribution in [3.8, 4) is 11.5 Å². The molecule has 0 atom stereocenters. The van der Waals surface area contributed by atoms with Gasteiger partial charge in [-0.05, 0) is 23.8 Å². The van der Waals surface area contributed by atoms with E-state index in [9.17, 15) is 13.6 Å². The van der Waals surface area contributed by atoms with Gasteiger partial charge in [0.2, 0.25) is 0 Å². The van der Waals surface area contributed by atoms with Gasteiger partial charge in [0.15, 0.2) is 5.13 Å². The molecule has 0 aliphatic carbocycles. The third kappa shape index (κ3) is 4.59. The topological polar surface area (TPSA) is 60.5 Å². The van der Waals surface area contributed by atoms with Crippen LogP contribution in [0.25, 0.3) is 0 Å². The summed E-state index contributed by atoms with van der Waals surface area (Å²) < 4.78 is 37.1. The Morgan fingerprint density at radius 2 is 1.81 bits per heavy atom. The predicted octanol–water partition coefficient (Wildman–Crippen LogP) is 4.28. The van der Waals surface area contributed by atoms with Crippen molar-refractivity contribution in [3.63, 3.8) is 0 Å². The molecule has 0 fully saturated rings. The Bertz CT molecular complexity index is 953. The average Bonchev–Trinajstić information content (AvgIpc) is 3.10. The molecule has 5 nitrogen and oxygen atoms in total. The van der Waals surface area contributed by atoms with Gasteiger partial charge in [0, 0.05) is 35.2 Å². The summed E-state index contributed by atoms with van der Waals surface area (Å²) in [4.78, 5) is 17.3. The van der Waals surface area contributed by atoms with E-state index in [0.717, 1.165) is 10.9 Å². The highest BCUT2D eigenvalue weighted by Gasteiger charge is 2.13. The van der Waals surface area contributed by atoms with E-state index in [4.69, 9.17) is 9.47 Å². The number of carbonyl (C=O) groups is 1. The summed E-state index contributed by atoms with van der Waals surface area (Å²) in [5.41, 5.74) is 0.711. The molecule has 0 spiro atoms. The van der Waals surface area contributed by atoms with Crippen LogP contribution in [-0.4, -0.2) is 25.1 Å². The molecule has 3 rings (SSSR count). The maximum atomic E-state index is 13.8. The lowest BCUT2D eigenvalue weighted by Gasteiger charge is -2.08. The minimum absolute atomic E-state index is 0.257. The van der Waals surface area contributed by atoms with Crippen LogP contribution in [0.5, 0.6) is 11.5 Å². The number of aromatic nitrogens is 1. The summed E-state index contributed by atoms with van der Waals surface area (Å²) in [5.74, 6) is -0.627. The number of ether oxygens (including phenoxy) is 2. The van der Waals surface area contributed by atoms with Crippen LogP contribution in [0.15, 0.2) is 42.6 Å². The molecule has 1 heterocycles. The molecule has 0 aliphatic rings. The summed E-state index contributed by atoms with van der Waals surface area (Å²) in [6.07, 6.45) is 1.81. The molecule has 1 aromatic heterocycles. The van der Waals surface area contributed by atoms with Crippen LogP contribution in [0.1, 0.15) is 20.8 Å². The van der Waals surface area contributed by atoms with Crippen molar-refractivity contribution in [3.05, 3.63) is 70.2 Å². The molecule has 0 saturated heterocycles. The number of carbonyl (C=O) groups excluding carboxylic acids is 1. The molecule has 0 unspecified atom stereocenters. The fourth-order valence-corrected chi connectivity index (χ4v) is 3.24. The van der Waals surface area contributed by atoms with Gasteiger partial charge in [-0.15, -0.1) is 11.3 Å². The van der Waals surface area contributed by atoms with Crippen molar-refractivity contribution in [1.82, 2.24) is 4.98 Å². The largest absolute Gasteiger partial charge is 0.497 e. The second-order valence-electron chi connectivity index (χ2n) is 5.60. The molecule has 140 valence electrons. The van der Waals surface area contributed by atoms with E-state index in [1.54, 1.807) is 24.4 Å². The first-order valence-corrected chi connectivity index (χ1v) is 8.73. The Kier molecular flexibility index (Phi) is 5.66. The number of halogens is 2. The number of hydrogen-bond acceptors (Lipinski definition) is 5. The van der Waals surface area contributed by atoms with Crippen molar-refractivity contribution in [1.29, 1.82) is 0 Å². The number of anilines is 1. The lowest BCUT2D eigenvalue weighted by molar-refractivity contribution is 0.102. The van der Waals surface area contributed by atoms with Gasteiger partial charge >= 0.3 is 0 Å². The molecular formula is C19H16F2N2O3S. The van der Waals surface area contributed by atoms with Crippen molar-refractivity contribution < 1.29 is 23.0 Å². The van der Waals surface area contributed by atoms with Crippen LogP contribution in [0.3, 0.4) is 0 Å². The fourth-order valence-electron chi connectivity index (χ4n) is 2.41. The van der Waals surface area contributed by atoms with Gasteiger partial charge in [-0.2, -0.15) is 0 Å². The van der Waals surface area contributed by atoms with Crippen LogP contribution in [0.2, 0.25) is 0 Å². The summed E-state index contributed by atoms with van der Waals surface area (Å²) in [5, 5.41) is 3.07. The number of benzene rings is 2. The van der Waals surface area contributed by atoms with E-state index in [-0.39, 0.29) is 12.3 Å². The Balaban J connectivity index is 1.73. The quantitative estimate of drug-likeness (QED) is 0.682. The summed E-state index contributed by atoms with van der Waals surface area (Å²) in [7, 11) is 3.00. The molecular weight excluding hydrogens is 374 g/mol. The molecule has 0 bridgehead atoms. The number of rotatable bonds is 6. The normalized spacial score (nSPS) is 10.5. The SMILES string of the molecule is COc1cc(OC)cc(C(=O)Nc2ncc(Cc3ccc(F)cc3F)s2)c1. The first-order chi connectivity index (χ1) is 13.0. The zero-order chi connectivity index (χ0) is 19.4. The third-order valence-electron chi connectivity index (χ3n) is 3.77. The maximum absolute atomic E-state index is 13.8. The molecule has 0 saturated carbocycles. The molecule has 2 aromatic carbocycles. The number of methoxy groups -OCH3 is 2. The number of nitrogens with one attached hydrogen (secondary N) is 1. The highest BCUT2D eigenvalue weighted by molar-refractivity contribution is 7.15. The second-order valence-corrected chi connectivity index (χ2v) is 6.71. The van der Waals surface area contributed by atoms with E-state index in [1.807, 2.05) is 0 Å². The second kappa shape index (κ2) is 8.13. The molecule has 27 heavy (non-hydrogen) atoms. The molecule has 3 aromatic rings. The lowest BCUT2D eigenvalue weighted by atomic mass is 10.1. The highest BCUT2D eigenvalue weighted by atomic mass is 32.1. The molecule has 0 aliphatic heterocycles. The Morgan fingerprint density at radius 3 is 2.44 bits per heavy atom. The van der Waals surface area contributed by atoms with Crippen LogP contribution in [0, 0.1) is 11.6 Å². The van der Waals surface area contributed by atoms with Gasteiger partial charge in [0.1, 0.15) is 23.1 Å². The number of nitrogens with zero attached hydrogens (tertiary/aromatic N) is 1. The lowest BCUT2D eigenvalue weighted by Crippen LogP contribution is -2.11. The summed E-state index contributed by atoms with van der Waals surface area (Å²) in [6.45, 7) is 0. The van der Waals surface area contributed by atoms with E-state index in [2.05, 4.69) is 10.3 Å². The Morgan fingerprint density at radius 1 is 1.11 bits per heavy atom. The summed E-state index contributed by atoms with van der Waals surface area (Å²) >= 11 is 1.22. The molecule has 1 N–H and O–H groups in total. The van der Waals surface area contributed by atoms with Gasteiger partial charge in [-0.3, -0.25) is 10.1 Å². The fraction of sp³-hybridized carbons (Fsp3) is 0.158. The first-order valence-electron chi connectivity index (χ1n) is 7.91. The van der Waals surface area contributed by atoms with Crippen molar-refractivity contribution in [2.24, 2.45) is 0 Å². The van der Waals surface area contributed by atoms with Gasteiger partial charge < -0.3 is 9.47 Å². The Labute approximate surface area is 158 Å². The zero-order valence-corrected chi connectivity index (χ0v) is 15.4. The van der Waals surface area contributed by atoms with Crippen molar-refractivity contribution >= 4 is 22.4 Å². The Hall–Kier alpha value is -3.00. The van der Waals surface area contributed by atoms with Gasteiger partial charge in [0.05, 0.1) is 14.2 Å². The van der Waals surface area contributed by atoms with Crippen LogP contribution >= 0.6 is 11.3 Å². The van der Waals surface area contributed by atoms with Crippen LogP contribution in [0.4, 0.5) is 13.9 Å². The van der Waals surface area contributed by atoms with Gasteiger partial charge in [-0.1, -0.05) is 6.07 Å². The van der Waals surface area contributed by atoms with E-state index >= 15 is 0 Å². The smallest absolute Gasteiger partial charge is 0.257 e. The predicted molar refractivity (Wildman–Crippen MR) is 98.8 cm³/mol. The van der Waals surface area contributed by atoms with Crippen molar-refractivity contribution in [2.45, 2.75) is 6.42 Å². The van der Waals surface area contributed by atoms with Crippen LogP contribution < -0.4 is 14.8 Å². The first kappa shape index (κ1) is 18.8. The van der Waals surface area contributed by atoms with Gasteiger partial charge in [0.25, 0.3) is 5.91 Å². The monoisotopic (exact) mass is 390 g/mol. The highest BCUT2D eigenvalue weighted by Crippen LogP contribution is 2.26. The van der Waals surface area contributed by atoms with E-state index < -0.39 is 11.6 Å². The molecule has 0 radical (unpaired) electrons. The zero-order valence-electron chi connectivity index (χ0n) is 14.6. The van der Waals surface area contributed by atoms with Gasteiger partial charge in [-0.25, -0.2) is 13.8 Å². The number of hydrogen-bond donors (Lipinski definition) is 1. The van der Waals surface area contributed by atoms with Crippen LogP contribution in [-0.2, 0) is 6.42 Å². The number of thiazole rings is 1. The van der Waals surface area contributed by atoms with E-state index in [0.29, 0.717) is 27.8 Å². The van der Waals surface area contributed by atoms with Crippen molar-refractivity contribution in [2.75, 3.05) is 19.5 Å². The minimum Gasteiger partial charge on any atom is -0.497 e. The standard InChI is InChI=1S/C19H16F2N2O3S/c1-25-14-5-12(6-15(9-14)26-2)18(24)23-19-22-10-16(27-19)7-11-3-4-13(20)8-17(11)21/h3-6,8-10H,7H2,1-2H3,(H,22,23,24). The minimum atomic E-state index is -0.623. The molecule has 1 amide bonds. The van der Waals surface area contributed by atoms with E-state index in [1.165, 1.54) is 37.7 Å². The molecule has 8 heteroatoms. The summed E-state index contributed by atoms with van der Waals surface area (Å²) in [6, 6.07) is 8.27. The number of amides is 1. The third-order valence-corrected chi connectivity index (χ3v) is 4.68. The maximum Gasteiger partial charge on any atom is 0.257 e.